The summed E-state index contributed by atoms with van der Waals surface area (Å²) in [5.41, 5.74) is 0.189. The van der Waals surface area contributed by atoms with Crippen LogP contribution in [-0.4, -0.2) is 17.7 Å². The van der Waals surface area contributed by atoms with Crippen LogP contribution >= 0.6 is 12.4 Å². The first-order chi connectivity index (χ1) is 7.68. The van der Waals surface area contributed by atoms with Gasteiger partial charge in [-0.05, 0) is 37.4 Å². The van der Waals surface area contributed by atoms with Crippen molar-refractivity contribution in [1.29, 1.82) is 0 Å². The fourth-order valence-electron chi connectivity index (χ4n) is 2.07. The predicted molar refractivity (Wildman–Crippen MR) is 64.0 cm³/mol. The number of rotatable bonds is 2. The minimum Gasteiger partial charge on any atom is -0.317 e. The molecule has 0 atom stereocenters. The molecule has 0 radical (unpaired) electrons. The molecule has 17 heavy (non-hydrogen) atoms. The van der Waals surface area contributed by atoms with Crippen molar-refractivity contribution in [2.24, 2.45) is 0 Å². The molecule has 1 aromatic rings. The molecule has 2 heterocycles. The molecule has 1 aromatic heterocycles. The molecule has 1 fully saturated rings. The lowest BCUT2D eigenvalue weighted by atomic mass is 9.91. The number of hydrogen-bond acceptors (Lipinski definition) is 2. The van der Waals surface area contributed by atoms with E-state index in [1.807, 2.05) is 0 Å². The Morgan fingerprint density at radius 3 is 2.53 bits per heavy atom. The van der Waals surface area contributed by atoms with Gasteiger partial charge in [0.25, 0.3) is 5.56 Å². The summed E-state index contributed by atoms with van der Waals surface area (Å²) in [6, 6.07) is 2.89. The van der Waals surface area contributed by atoms with Gasteiger partial charge in [-0.15, -0.1) is 12.4 Å². The van der Waals surface area contributed by atoms with Gasteiger partial charge < -0.3 is 5.32 Å². The molecule has 2 rings (SSSR count). The number of hydrogen-bond donors (Lipinski definition) is 1. The van der Waals surface area contributed by atoms with E-state index in [0.717, 1.165) is 31.5 Å². The quantitative estimate of drug-likeness (QED) is 0.888. The summed E-state index contributed by atoms with van der Waals surface area (Å²) in [5.74, 6) is 0.284. The second-order valence-corrected chi connectivity index (χ2v) is 4.01. The van der Waals surface area contributed by atoms with Gasteiger partial charge in [0.05, 0.1) is 0 Å². The van der Waals surface area contributed by atoms with Gasteiger partial charge in [0.15, 0.2) is 0 Å². The summed E-state index contributed by atoms with van der Waals surface area (Å²) >= 11 is 0. The fourth-order valence-corrected chi connectivity index (χ4v) is 2.07. The third-order valence-corrected chi connectivity index (χ3v) is 2.98. The van der Waals surface area contributed by atoms with E-state index in [1.54, 1.807) is 6.07 Å². The maximum atomic E-state index is 12.5. The zero-order chi connectivity index (χ0) is 11.5. The first-order valence-electron chi connectivity index (χ1n) is 5.39. The minimum absolute atomic E-state index is 0. The van der Waals surface area contributed by atoms with Crippen LogP contribution in [0.3, 0.4) is 0 Å². The number of pyridine rings is 1. The Balaban J connectivity index is 0.00000144. The van der Waals surface area contributed by atoms with E-state index < -0.39 is 12.1 Å². The Bertz CT molecular complexity index is 416. The van der Waals surface area contributed by atoms with E-state index in [-0.39, 0.29) is 18.3 Å². The van der Waals surface area contributed by atoms with Crippen molar-refractivity contribution in [2.75, 3.05) is 13.1 Å². The molecular formula is C11H15ClF2N2O. The largest absolute Gasteiger partial charge is 0.321 e. The Labute approximate surface area is 104 Å². The van der Waals surface area contributed by atoms with Gasteiger partial charge in [0, 0.05) is 12.3 Å². The van der Waals surface area contributed by atoms with E-state index in [2.05, 4.69) is 5.32 Å². The van der Waals surface area contributed by atoms with Gasteiger partial charge in [-0.2, -0.15) is 8.78 Å². The lowest BCUT2D eigenvalue weighted by molar-refractivity contribution is 0.0659. The number of halogens is 3. The van der Waals surface area contributed by atoms with Crippen LogP contribution in [0.25, 0.3) is 0 Å². The van der Waals surface area contributed by atoms with Gasteiger partial charge >= 0.3 is 6.55 Å². The van der Waals surface area contributed by atoms with Crippen molar-refractivity contribution in [3.8, 4) is 0 Å². The molecule has 3 nitrogen and oxygen atoms in total. The number of nitrogens with one attached hydrogen (secondary N) is 1. The van der Waals surface area contributed by atoms with E-state index in [1.165, 1.54) is 12.3 Å². The predicted octanol–water partition coefficient (Wildman–Crippen LogP) is 2.13. The molecule has 0 unspecified atom stereocenters. The summed E-state index contributed by atoms with van der Waals surface area (Å²) in [4.78, 5) is 11.2. The second-order valence-electron chi connectivity index (χ2n) is 4.01. The molecular weight excluding hydrogens is 250 g/mol. The maximum absolute atomic E-state index is 12.5. The molecule has 0 spiro atoms. The van der Waals surface area contributed by atoms with Gasteiger partial charge in [0.2, 0.25) is 0 Å². The highest BCUT2D eigenvalue weighted by molar-refractivity contribution is 5.85. The Kier molecular flexibility index (Phi) is 5.08. The first kappa shape index (κ1) is 14.1. The number of nitrogens with zero attached hydrogens (tertiary/aromatic N) is 1. The van der Waals surface area contributed by atoms with Crippen LogP contribution in [0.1, 0.15) is 30.9 Å². The number of aromatic nitrogens is 1. The average Bonchev–Trinajstić information content (AvgIpc) is 2.30. The molecule has 1 saturated heterocycles. The van der Waals surface area contributed by atoms with Gasteiger partial charge in [-0.1, -0.05) is 6.07 Å². The summed E-state index contributed by atoms with van der Waals surface area (Å²) < 4.78 is 25.5. The zero-order valence-electron chi connectivity index (χ0n) is 9.23. The van der Waals surface area contributed by atoms with E-state index in [9.17, 15) is 13.6 Å². The topological polar surface area (TPSA) is 34.0 Å². The Morgan fingerprint density at radius 1 is 1.29 bits per heavy atom. The monoisotopic (exact) mass is 264 g/mol. The zero-order valence-corrected chi connectivity index (χ0v) is 10.1. The van der Waals surface area contributed by atoms with Gasteiger partial charge in [0.1, 0.15) is 0 Å². The summed E-state index contributed by atoms with van der Waals surface area (Å²) in [7, 11) is 0. The first-order valence-corrected chi connectivity index (χ1v) is 5.39. The number of alkyl halides is 2. The van der Waals surface area contributed by atoms with Crippen LogP contribution < -0.4 is 10.9 Å². The smallest absolute Gasteiger partial charge is 0.317 e. The molecule has 0 saturated carbocycles. The van der Waals surface area contributed by atoms with Crippen molar-refractivity contribution in [1.82, 2.24) is 9.88 Å². The molecule has 6 heteroatoms. The molecule has 0 bridgehead atoms. The van der Waals surface area contributed by atoms with E-state index in [4.69, 9.17) is 0 Å². The third kappa shape index (κ3) is 3.26. The number of piperidine rings is 1. The van der Waals surface area contributed by atoms with Crippen molar-refractivity contribution < 1.29 is 8.78 Å². The summed E-state index contributed by atoms with van der Waals surface area (Å²) in [5, 5.41) is 3.22. The van der Waals surface area contributed by atoms with Crippen LogP contribution in [0.5, 0.6) is 0 Å². The summed E-state index contributed by atoms with van der Waals surface area (Å²) in [6.45, 7) is -0.953. The lowest BCUT2D eigenvalue weighted by Gasteiger charge is -2.23. The van der Waals surface area contributed by atoms with Crippen LogP contribution in [0.4, 0.5) is 8.78 Å². The highest BCUT2D eigenvalue weighted by atomic mass is 35.5. The Morgan fingerprint density at radius 2 is 1.94 bits per heavy atom. The van der Waals surface area contributed by atoms with Gasteiger partial charge in [-0.25, -0.2) is 0 Å². The fraction of sp³-hybridized carbons (Fsp3) is 0.545. The maximum Gasteiger partial charge on any atom is 0.321 e. The highest BCUT2D eigenvalue weighted by Crippen LogP contribution is 2.24. The molecule has 0 amide bonds. The van der Waals surface area contributed by atoms with Crippen molar-refractivity contribution in [3.63, 3.8) is 0 Å². The van der Waals surface area contributed by atoms with Crippen LogP contribution in [-0.2, 0) is 0 Å². The average molecular weight is 265 g/mol. The van der Waals surface area contributed by atoms with E-state index in [0.29, 0.717) is 4.57 Å². The summed E-state index contributed by atoms with van der Waals surface area (Å²) in [6.07, 6.45) is 3.16. The minimum atomic E-state index is -2.76. The normalized spacial score (nSPS) is 16.9. The van der Waals surface area contributed by atoms with E-state index >= 15 is 0 Å². The lowest BCUT2D eigenvalue weighted by Crippen LogP contribution is -2.28. The molecule has 0 aliphatic carbocycles. The van der Waals surface area contributed by atoms with Crippen molar-refractivity contribution in [2.45, 2.75) is 25.3 Å². The van der Waals surface area contributed by atoms with Crippen LogP contribution in [0.15, 0.2) is 23.1 Å². The molecule has 96 valence electrons. The van der Waals surface area contributed by atoms with Crippen LogP contribution in [0, 0.1) is 0 Å². The van der Waals surface area contributed by atoms with Crippen LogP contribution in [0.2, 0.25) is 0 Å². The van der Waals surface area contributed by atoms with Crippen molar-refractivity contribution >= 4 is 12.4 Å². The van der Waals surface area contributed by atoms with Gasteiger partial charge in [-0.3, -0.25) is 9.36 Å². The second kappa shape index (κ2) is 6.12. The molecule has 1 aliphatic rings. The van der Waals surface area contributed by atoms with Crippen molar-refractivity contribution in [3.05, 3.63) is 34.2 Å². The molecule has 1 N–H and O–H groups in total. The SMILES string of the molecule is Cl.O=c1ccc(C2CCNCC2)cn1C(F)F. The standard InChI is InChI=1S/C11H14F2N2O.ClH/c12-11(13)15-7-9(1-2-10(15)16)8-3-5-14-6-4-8;/h1-2,7-8,11,14H,3-6H2;1H. The third-order valence-electron chi connectivity index (χ3n) is 2.98. The highest BCUT2D eigenvalue weighted by Gasteiger charge is 2.17. The molecule has 1 aliphatic heterocycles. The molecule has 0 aromatic carbocycles. The Hall–Kier alpha value is -0.940.